The van der Waals surface area contributed by atoms with Gasteiger partial charge >= 0.3 is 17.9 Å². The molecule has 1 fully saturated rings. The molecule has 1 aromatic heterocycles. The van der Waals surface area contributed by atoms with Gasteiger partial charge in [-0.15, -0.1) is 0 Å². The summed E-state index contributed by atoms with van der Waals surface area (Å²) in [7, 11) is 0. The first-order chi connectivity index (χ1) is 17.7. The summed E-state index contributed by atoms with van der Waals surface area (Å²) in [6.07, 6.45) is 0.873. The highest BCUT2D eigenvalue weighted by atomic mass is 16.4. The third-order valence-corrected chi connectivity index (χ3v) is 6.81. The topological polar surface area (TPSA) is 210 Å². The van der Waals surface area contributed by atoms with Gasteiger partial charge in [-0.2, -0.15) is 0 Å². The third-order valence-electron chi connectivity index (χ3n) is 6.81. The first-order valence-corrected chi connectivity index (χ1v) is 12.5. The van der Waals surface area contributed by atoms with Crippen LogP contribution in [0.15, 0.2) is 24.3 Å². The van der Waals surface area contributed by atoms with E-state index in [-0.39, 0.29) is 11.8 Å². The summed E-state index contributed by atoms with van der Waals surface area (Å²) in [4.78, 5) is 51.0. The highest BCUT2D eigenvalue weighted by molar-refractivity contribution is 5.88. The zero-order valence-corrected chi connectivity index (χ0v) is 21.8. The van der Waals surface area contributed by atoms with E-state index in [1.807, 2.05) is 24.3 Å². The Morgan fingerprint density at radius 3 is 2.24 bits per heavy atom. The molecule has 1 heterocycles. The van der Waals surface area contributed by atoms with Crippen molar-refractivity contribution in [3.8, 4) is 0 Å². The predicted octanol–water partition coefficient (Wildman–Crippen LogP) is 1.80. The Morgan fingerprint density at radius 1 is 1.11 bits per heavy atom. The highest BCUT2D eigenvalue weighted by Gasteiger charge is 2.48. The molecule has 0 unspecified atom stereocenters. The molecule has 38 heavy (non-hydrogen) atoms. The van der Waals surface area contributed by atoms with Crippen molar-refractivity contribution in [2.24, 2.45) is 17.8 Å². The molecule has 3 rings (SSSR count). The number of aliphatic carboxylic acids is 3. The van der Waals surface area contributed by atoms with Crippen LogP contribution in [0.5, 0.6) is 0 Å². The Bertz CT molecular complexity index is 1100. The van der Waals surface area contributed by atoms with Gasteiger partial charge in [0.15, 0.2) is 5.60 Å². The number of amides is 1. The number of benzene rings is 1. The van der Waals surface area contributed by atoms with E-state index >= 15 is 0 Å². The number of para-hydroxylation sites is 2. The Kier molecular flexibility index (Phi) is 10.4. The Balaban J connectivity index is 0.000000332. The van der Waals surface area contributed by atoms with Crippen molar-refractivity contribution < 1.29 is 44.7 Å². The number of aromatic nitrogens is 2. The largest absolute Gasteiger partial charge is 0.481 e. The molecule has 1 aliphatic rings. The third kappa shape index (κ3) is 7.99. The number of nitrogens with one attached hydrogen (secondary N) is 2. The lowest BCUT2D eigenvalue weighted by molar-refractivity contribution is -0.170. The molecule has 210 valence electrons. The summed E-state index contributed by atoms with van der Waals surface area (Å²) in [5, 5.41) is 47.9. The number of rotatable bonds is 10. The van der Waals surface area contributed by atoms with Crippen molar-refractivity contribution in [2.45, 2.75) is 70.5 Å². The van der Waals surface area contributed by atoms with Crippen molar-refractivity contribution in [2.75, 3.05) is 6.54 Å². The fraction of sp³-hybridized carbons (Fsp3) is 0.577. The van der Waals surface area contributed by atoms with Crippen LogP contribution in [0.25, 0.3) is 11.0 Å². The maximum atomic E-state index is 12.8. The van der Waals surface area contributed by atoms with Gasteiger partial charge in [-0.1, -0.05) is 39.3 Å². The van der Waals surface area contributed by atoms with Crippen molar-refractivity contribution in [3.63, 3.8) is 0 Å². The van der Waals surface area contributed by atoms with Crippen molar-refractivity contribution >= 4 is 34.8 Å². The van der Waals surface area contributed by atoms with Crippen LogP contribution in [-0.2, 0) is 25.6 Å². The number of nitrogens with zero attached hydrogens (tertiary/aromatic N) is 1. The number of hydrogen-bond donors (Lipinski definition) is 7. The fourth-order valence-corrected chi connectivity index (χ4v) is 4.92. The van der Waals surface area contributed by atoms with E-state index in [0.717, 1.165) is 29.7 Å². The highest BCUT2D eigenvalue weighted by Crippen LogP contribution is 2.41. The monoisotopic (exact) mass is 535 g/mol. The maximum Gasteiger partial charge on any atom is 0.336 e. The zero-order valence-electron chi connectivity index (χ0n) is 21.8. The number of imidazole rings is 1. The van der Waals surface area contributed by atoms with Crippen molar-refractivity contribution in [3.05, 3.63) is 30.1 Å². The predicted molar refractivity (Wildman–Crippen MR) is 136 cm³/mol. The summed E-state index contributed by atoms with van der Waals surface area (Å²) < 4.78 is 0. The van der Waals surface area contributed by atoms with Crippen LogP contribution in [0.1, 0.15) is 58.7 Å². The smallest absolute Gasteiger partial charge is 0.336 e. The maximum absolute atomic E-state index is 12.8. The van der Waals surface area contributed by atoms with Crippen LogP contribution in [0.3, 0.4) is 0 Å². The summed E-state index contributed by atoms with van der Waals surface area (Å²) >= 11 is 0. The van der Waals surface area contributed by atoms with Gasteiger partial charge in [-0.25, -0.2) is 9.78 Å². The molecule has 0 bridgehead atoms. The molecule has 7 N–H and O–H groups in total. The molecule has 12 nitrogen and oxygen atoms in total. The molecule has 2 aromatic rings. The second-order valence-corrected chi connectivity index (χ2v) is 10.3. The second-order valence-electron chi connectivity index (χ2n) is 10.3. The van der Waals surface area contributed by atoms with Gasteiger partial charge in [-0.3, -0.25) is 14.4 Å². The van der Waals surface area contributed by atoms with Crippen LogP contribution >= 0.6 is 0 Å². The van der Waals surface area contributed by atoms with E-state index in [1.165, 1.54) is 0 Å². The van der Waals surface area contributed by atoms with Gasteiger partial charge in [-0.05, 0) is 42.7 Å². The molecule has 0 saturated heterocycles. The fourth-order valence-electron chi connectivity index (χ4n) is 4.92. The number of aromatic amines is 1. The summed E-state index contributed by atoms with van der Waals surface area (Å²) in [6, 6.07) is 7.88. The Hall–Kier alpha value is -3.51. The minimum Gasteiger partial charge on any atom is -0.481 e. The summed E-state index contributed by atoms with van der Waals surface area (Å²) in [5.74, 6) is -3.70. The lowest BCUT2D eigenvalue weighted by Gasteiger charge is -2.43. The summed E-state index contributed by atoms with van der Waals surface area (Å²) in [6.45, 7) is 6.77. The van der Waals surface area contributed by atoms with E-state index in [4.69, 9.17) is 20.4 Å². The lowest BCUT2D eigenvalue weighted by atomic mass is 9.66. The number of carbonyl (C=O) groups excluding carboxylic acids is 1. The van der Waals surface area contributed by atoms with Gasteiger partial charge in [0.05, 0.1) is 23.9 Å². The molecule has 1 aliphatic carbocycles. The first-order valence-electron chi connectivity index (χ1n) is 12.5. The van der Waals surface area contributed by atoms with Gasteiger partial charge < -0.3 is 35.8 Å². The van der Waals surface area contributed by atoms with Gasteiger partial charge in [0, 0.05) is 13.0 Å². The normalized spacial score (nSPS) is 21.4. The molecule has 1 aromatic carbocycles. The number of aliphatic hydroxyl groups is 2. The van der Waals surface area contributed by atoms with Crippen LogP contribution in [0, 0.1) is 17.8 Å². The molecule has 1 amide bonds. The quantitative estimate of drug-likeness (QED) is 0.234. The molecule has 12 heteroatoms. The van der Waals surface area contributed by atoms with E-state index in [1.54, 1.807) is 0 Å². The second kappa shape index (κ2) is 12.8. The number of H-pyrrole nitrogens is 1. The van der Waals surface area contributed by atoms with Gasteiger partial charge in [0.2, 0.25) is 0 Å². The number of fused-ring (bicyclic) bond motifs is 1. The molecule has 3 atom stereocenters. The zero-order chi connectivity index (χ0) is 28.7. The number of carboxylic acids is 3. The minimum atomic E-state index is -2.74. The summed E-state index contributed by atoms with van der Waals surface area (Å²) in [5.41, 5.74) is -2.05. The average Bonchev–Trinajstić information content (AvgIpc) is 3.20. The van der Waals surface area contributed by atoms with Gasteiger partial charge in [0.1, 0.15) is 11.4 Å². The SMILES string of the molecule is CC(C)[C@@H]1CC[C@@H](C)C[C@@]1(O)C(=O)NCCc1nc2ccccc2[nH]1.O=C(O)CC(O)(CC(=O)O)C(=O)O. The molecule has 1 saturated carbocycles. The molecule has 0 aliphatic heterocycles. The first kappa shape index (κ1) is 30.7. The van der Waals surface area contributed by atoms with Gasteiger partial charge in [0.25, 0.3) is 5.91 Å². The van der Waals surface area contributed by atoms with Crippen LogP contribution < -0.4 is 5.32 Å². The van der Waals surface area contributed by atoms with Crippen molar-refractivity contribution in [1.29, 1.82) is 0 Å². The van der Waals surface area contributed by atoms with Crippen LogP contribution in [0.4, 0.5) is 0 Å². The van der Waals surface area contributed by atoms with Crippen molar-refractivity contribution in [1.82, 2.24) is 15.3 Å². The molecule has 0 spiro atoms. The van der Waals surface area contributed by atoms with Crippen LogP contribution in [-0.4, -0.2) is 77.1 Å². The van der Waals surface area contributed by atoms with Crippen LogP contribution in [0.2, 0.25) is 0 Å². The standard InChI is InChI=1S/C20H29N3O2.C6H8O7/c1-13(2)15-9-8-14(3)12-20(15,25)19(24)21-11-10-18-22-16-6-4-5-7-17(16)23-18;7-3(8)1-6(13,5(11)12)2-4(9)10/h4-7,13-15,25H,8-12H2,1-3H3,(H,21,24)(H,22,23);13H,1-2H2,(H,7,8)(H,9,10)(H,11,12)/t14-,15+,20+;/m1./s1. The lowest BCUT2D eigenvalue weighted by Crippen LogP contribution is -2.56. The molecule has 0 radical (unpaired) electrons. The molecular weight excluding hydrogens is 498 g/mol. The Labute approximate surface area is 220 Å². The number of carboxylic acid groups (broad SMARTS) is 3. The average molecular weight is 536 g/mol. The molecular formula is C26H37N3O9. The minimum absolute atomic E-state index is 0.0231. The number of carbonyl (C=O) groups is 4. The Morgan fingerprint density at radius 2 is 1.71 bits per heavy atom. The van der Waals surface area contributed by atoms with E-state index < -0.39 is 42.0 Å². The van der Waals surface area contributed by atoms with E-state index in [0.29, 0.717) is 31.2 Å². The number of hydrogen-bond acceptors (Lipinski definition) is 7. The van der Waals surface area contributed by atoms with E-state index in [9.17, 15) is 24.3 Å². The van der Waals surface area contributed by atoms with E-state index in [2.05, 4.69) is 36.1 Å².